The fourth-order valence-electron chi connectivity index (χ4n) is 4.47. The van der Waals surface area contributed by atoms with Crippen LogP contribution in [0.5, 0.6) is 5.75 Å². The molecule has 1 aliphatic heterocycles. The third kappa shape index (κ3) is 7.09. The first-order chi connectivity index (χ1) is 18.5. The lowest BCUT2D eigenvalue weighted by Crippen LogP contribution is -2.58. The van der Waals surface area contributed by atoms with Gasteiger partial charge in [-0.3, -0.25) is 19.9 Å². The molecule has 0 bridgehead atoms. The normalized spacial score (nSPS) is 16.2. The minimum atomic E-state index is -4.00. The molecule has 1 amide bonds. The quantitative estimate of drug-likeness (QED) is 0.235. The van der Waals surface area contributed by atoms with Crippen molar-refractivity contribution >= 4 is 36.9 Å². The number of hydrogen-bond donors (Lipinski definition) is 3. The standard InChI is InChI=1S/C25H31N5O7S2/c1-18-15-19(22-5-3-4-6-23(22)27-18)17-37-20-7-9-21(10-8-20)39(35,36)26-16-24(25(31)28-32)29-11-13-30(14-12-29)38(2,33)34/h3-10,15,24,26,32H,11-14,16-17H2,1-2H3,(H,28,31). The molecule has 12 nitrogen and oxygen atoms in total. The van der Waals surface area contributed by atoms with Crippen LogP contribution in [0.15, 0.2) is 59.5 Å². The van der Waals surface area contributed by atoms with Gasteiger partial charge in [0.25, 0.3) is 5.91 Å². The van der Waals surface area contributed by atoms with Gasteiger partial charge in [0, 0.05) is 49.4 Å². The Labute approximate surface area is 227 Å². The van der Waals surface area contributed by atoms with Crippen molar-refractivity contribution in [2.75, 3.05) is 39.0 Å². The molecular formula is C25H31N5O7S2. The van der Waals surface area contributed by atoms with E-state index >= 15 is 0 Å². The van der Waals surface area contributed by atoms with E-state index in [4.69, 9.17) is 4.74 Å². The van der Waals surface area contributed by atoms with Gasteiger partial charge in [-0.05, 0) is 43.3 Å². The molecule has 0 radical (unpaired) electrons. The number of aromatic nitrogens is 1. The number of nitrogens with one attached hydrogen (secondary N) is 2. The van der Waals surface area contributed by atoms with Crippen molar-refractivity contribution in [3.8, 4) is 5.75 Å². The number of carbonyl (C=O) groups excluding carboxylic acids is 1. The molecular weight excluding hydrogens is 546 g/mol. The third-order valence-corrected chi connectivity index (χ3v) is 9.26. The number of fused-ring (bicyclic) bond motifs is 1. The van der Waals surface area contributed by atoms with Gasteiger partial charge in [-0.25, -0.2) is 27.0 Å². The Morgan fingerprint density at radius 1 is 1.05 bits per heavy atom. The zero-order chi connectivity index (χ0) is 28.2. The maximum Gasteiger partial charge on any atom is 0.262 e. The number of hydrogen-bond acceptors (Lipinski definition) is 9. The predicted octanol–water partition coefficient (Wildman–Crippen LogP) is 0.852. The second kappa shape index (κ2) is 11.9. The van der Waals surface area contributed by atoms with Crippen LogP contribution >= 0.6 is 0 Å². The Morgan fingerprint density at radius 2 is 1.72 bits per heavy atom. The van der Waals surface area contributed by atoms with Crippen molar-refractivity contribution in [2.45, 2.75) is 24.5 Å². The van der Waals surface area contributed by atoms with Gasteiger partial charge < -0.3 is 4.74 Å². The molecule has 1 saturated heterocycles. The van der Waals surface area contributed by atoms with E-state index in [0.29, 0.717) is 5.75 Å². The Bertz CT molecular complexity index is 1540. The summed E-state index contributed by atoms with van der Waals surface area (Å²) in [5.41, 5.74) is 4.26. The fraction of sp³-hybridized carbons (Fsp3) is 0.360. The highest BCUT2D eigenvalue weighted by Crippen LogP contribution is 2.22. The zero-order valence-electron chi connectivity index (χ0n) is 21.6. The Morgan fingerprint density at radius 3 is 2.36 bits per heavy atom. The Kier molecular flexibility index (Phi) is 8.83. The van der Waals surface area contributed by atoms with Crippen molar-refractivity contribution < 1.29 is 31.6 Å². The molecule has 4 rings (SSSR count). The van der Waals surface area contributed by atoms with E-state index < -0.39 is 32.0 Å². The molecule has 210 valence electrons. The maximum atomic E-state index is 12.9. The molecule has 2 heterocycles. The van der Waals surface area contributed by atoms with Crippen LogP contribution in [0.3, 0.4) is 0 Å². The smallest absolute Gasteiger partial charge is 0.262 e. The van der Waals surface area contributed by atoms with Gasteiger partial charge in [-0.2, -0.15) is 4.31 Å². The molecule has 1 aromatic heterocycles. The number of amides is 1. The van der Waals surface area contributed by atoms with E-state index in [1.165, 1.54) is 16.4 Å². The second-order valence-corrected chi connectivity index (χ2v) is 13.0. The van der Waals surface area contributed by atoms with Crippen LogP contribution in [0.4, 0.5) is 0 Å². The largest absolute Gasteiger partial charge is 0.489 e. The second-order valence-electron chi connectivity index (χ2n) is 9.24. The first kappa shape index (κ1) is 28.9. The van der Waals surface area contributed by atoms with Crippen LogP contribution < -0.4 is 14.9 Å². The zero-order valence-corrected chi connectivity index (χ0v) is 23.2. The summed E-state index contributed by atoms with van der Waals surface area (Å²) < 4.78 is 59.0. The van der Waals surface area contributed by atoms with Gasteiger partial charge in [0.2, 0.25) is 20.0 Å². The molecule has 39 heavy (non-hydrogen) atoms. The number of benzene rings is 2. The van der Waals surface area contributed by atoms with Gasteiger partial charge >= 0.3 is 0 Å². The number of ether oxygens (including phenoxy) is 1. The van der Waals surface area contributed by atoms with Gasteiger partial charge in [0.05, 0.1) is 16.7 Å². The van der Waals surface area contributed by atoms with Crippen LogP contribution in [-0.2, 0) is 31.4 Å². The summed E-state index contributed by atoms with van der Waals surface area (Å²) in [6.45, 7) is 2.57. The van der Waals surface area contributed by atoms with Crippen LogP contribution in [0.1, 0.15) is 11.3 Å². The number of hydroxylamine groups is 1. The van der Waals surface area contributed by atoms with Gasteiger partial charge in [-0.1, -0.05) is 18.2 Å². The van der Waals surface area contributed by atoms with Crippen LogP contribution in [0.2, 0.25) is 0 Å². The SMILES string of the molecule is Cc1cc(COc2ccc(S(=O)(=O)NCC(C(=O)NO)N3CCN(S(C)(=O)=O)CC3)cc2)c2ccccc2n1. The minimum Gasteiger partial charge on any atom is -0.489 e. The van der Waals surface area contributed by atoms with E-state index in [-0.39, 0.29) is 44.2 Å². The summed E-state index contributed by atoms with van der Waals surface area (Å²) in [5.74, 6) is -0.318. The van der Waals surface area contributed by atoms with Gasteiger partial charge in [0.15, 0.2) is 0 Å². The lowest BCUT2D eigenvalue weighted by Gasteiger charge is -2.37. The first-order valence-electron chi connectivity index (χ1n) is 12.2. The van der Waals surface area contributed by atoms with Gasteiger partial charge in [0.1, 0.15) is 18.4 Å². The number of rotatable bonds is 10. The van der Waals surface area contributed by atoms with E-state index in [0.717, 1.165) is 28.4 Å². The summed E-state index contributed by atoms with van der Waals surface area (Å²) in [6.07, 6.45) is 1.10. The number of nitrogens with zero attached hydrogens (tertiary/aromatic N) is 3. The van der Waals surface area contributed by atoms with Gasteiger partial charge in [-0.15, -0.1) is 0 Å². The molecule has 14 heteroatoms. The molecule has 1 aliphatic rings. The number of aryl methyl sites for hydroxylation is 1. The number of para-hydroxylation sites is 1. The number of piperazine rings is 1. The lowest BCUT2D eigenvalue weighted by molar-refractivity contribution is -0.135. The molecule has 0 saturated carbocycles. The van der Waals surface area contributed by atoms with E-state index in [9.17, 15) is 26.8 Å². The molecule has 2 aromatic carbocycles. The van der Waals surface area contributed by atoms with Crippen LogP contribution in [0.25, 0.3) is 10.9 Å². The summed E-state index contributed by atoms with van der Waals surface area (Å²) in [6, 6.07) is 14.6. The number of pyridine rings is 1. The number of carbonyl (C=O) groups is 1. The summed E-state index contributed by atoms with van der Waals surface area (Å²) in [7, 11) is -7.37. The summed E-state index contributed by atoms with van der Waals surface area (Å²) in [4.78, 5) is 18.4. The Balaban J connectivity index is 1.39. The highest BCUT2D eigenvalue weighted by Gasteiger charge is 2.32. The molecule has 3 N–H and O–H groups in total. The van der Waals surface area contributed by atoms with Crippen molar-refractivity contribution in [2.24, 2.45) is 0 Å². The molecule has 3 aromatic rings. The average molecular weight is 578 g/mol. The molecule has 0 aliphatic carbocycles. The number of sulfonamides is 2. The fourth-order valence-corrected chi connectivity index (χ4v) is 6.34. The highest BCUT2D eigenvalue weighted by molar-refractivity contribution is 7.89. The third-order valence-electron chi connectivity index (χ3n) is 6.52. The van der Waals surface area contributed by atoms with E-state index in [1.54, 1.807) is 22.5 Å². The molecule has 1 fully saturated rings. The van der Waals surface area contributed by atoms with E-state index in [2.05, 4.69) is 9.71 Å². The summed E-state index contributed by atoms with van der Waals surface area (Å²) >= 11 is 0. The minimum absolute atomic E-state index is 0.0230. The molecule has 1 atom stereocenters. The highest BCUT2D eigenvalue weighted by atomic mass is 32.2. The maximum absolute atomic E-state index is 12.9. The summed E-state index contributed by atoms with van der Waals surface area (Å²) in [5, 5.41) is 10.2. The molecule has 0 spiro atoms. The predicted molar refractivity (Wildman–Crippen MR) is 144 cm³/mol. The van der Waals surface area contributed by atoms with Crippen molar-refractivity contribution in [3.05, 3.63) is 65.9 Å². The lowest BCUT2D eigenvalue weighted by atomic mass is 10.1. The molecule has 1 unspecified atom stereocenters. The van der Waals surface area contributed by atoms with Crippen LogP contribution in [0, 0.1) is 6.92 Å². The van der Waals surface area contributed by atoms with Crippen molar-refractivity contribution in [3.63, 3.8) is 0 Å². The van der Waals surface area contributed by atoms with Crippen LogP contribution in [-0.4, -0.2) is 87.2 Å². The first-order valence-corrected chi connectivity index (χ1v) is 15.5. The monoisotopic (exact) mass is 577 g/mol. The average Bonchev–Trinajstić information content (AvgIpc) is 2.91. The van der Waals surface area contributed by atoms with Crippen molar-refractivity contribution in [1.82, 2.24) is 24.4 Å². The Hall–Kier alpha value is -3.14. The van der Waals surface area contributed by atoms with E-state index in [1.807, 2.05) is 37.3 Å². The van der Waals surface area contributed by atoms with Crippen molar-refractivity contribution in [1.29, 1.82) is 0 Å². The topological polar surface area (TPSA) is 158 Å².